The van der Waals surface area contributed by atoms with E-state index < -0.39 is 0 Å². The topological polar surface area (TPSA) is 24.9 Å². The monoisotopic (exact) mass is 298 g/mol. The number of halogens is 1. The van der Waals surface area contributed by atoms with Crippen LogP contribution in [-0.4, -0.2) is 16.8 Å². The molecule has 2 heterocycles. The van der Waals surface area contributed by atoms with E-state index in [4.69, 9.17) is 11.6 Å². The minimum Gasteiger partial charge on any atom is -0.311 e. The number of thioether (sulfide) groups is 1. The molecular weight excluding hydrogens is 284 g/mol. The van der Waals surface area contributed by atoms with Crippen molar-refractivity contribution in [1.29, 1.82) is 0 Å². The van der Waals surface area contributed by atoms with Crippen molar-refractivity contribution in [3.05, 3.63) is 45.7 Å². The van der Waals surface area contributed by atoms with Crippen LogP contribution < -0.4 is 5.32 Å². The predicted octanol–water partition coefficient (Wildman–Crippen LogP) is 4.07. The van der Waals surface area contributed by atoms with Gasteiger partial charge in [-0.1, -0.05) is 24.6 Å². The highest BCUT2D eigenvalue weighted by Crippen LogP contribution is 2.27. The van der Waals surface area contributed by atoms with Gasteiger partial charge in [-0.2, -0.15) is 0 Å². The molecule has 96 valence electrons. The molecule has 1 unspecified atom stereocenters. The van der Waals surface area contributed by atoms with Gasteiger partial charge in [-0.15, -0.1) is 23.1 Å². The predicted molar refractivity (Wildman–Crippen MR) is 80.6 cm³/mol. The van der Waals surface area contributed by atoms with Crippen LogP contribution in [0.1, 0.15) is 11.8 Å². The first-order chi connectivity index (χ1) is 8.75. The Kier molecular flexibility index (Phi) is 5.50. The van der Waals surface area contributed by atoms with Gasteiger partial charge < -0.3 is 5.32 Å². The van der Waals surface area contributed by atoms with Crippen LogP contribution in [-0.2, 0) is 6.54 Å². The molecule has 0 aliphatic heterocycles. The zero-order valence-corrected chi connectivity index (χ0v) is 12.5. The molecule has 18 heavy (non-hydrogen) atoms. The summed E-state index contributed by atoms with van der Waals surface area (Å²) >= 11 is 9.57. The van der Waals surface area contributed by atoms with Crippen LogP contribution in [0.5, 0.6) is 0 Å². The number of nitrogens with one attached hydrogen (secondary N) is 1. The fraction of sp³-hybridized carbons (Fsp3) is 0.308. The van der Waals surface area contributed by atoms with Crippen LogP contribution in [0.3, 0.4) is 0 Å². The van der Waals surface area contributed by atoms with Gasteiger partial charge >= 0.3 is 0 Å². The van der Waals surface area contributed by atoms with E-state index in [1.807, 2.05) is 12.1 Å². The SMILES string of the molecule is CC(CNCc1cccs1)Sc1ncccc1Cl. The van der Waals surface area contributed by atoms with Crippen molar-refractivity contribution in [2.24, 2.45) is 0 Å². The Hall–Kier alpha value is -0.550. The lowest BCUT2D eigenvalue weighted by Gasteiger charge is -2.12. The highest BCUT2D eigenvalue weighted by atomic mass is 35.5. The number of hydrogen-bond acceptors (Lipinski definition) is 4. The van der Waals surface area contributed by atoms with Gasteiger partial charge in [0.25, 0.3) is 0 Å². The maximum absolute atomic E-state index is 6.08. The summed E-state index contributed by atoms with van der Waals surface area (Å²) in [6.07, 6.45) is 1.78. The third-order valence-electron chi connectivity index (χ3n) is 2.35. The molecule has 0 bridgehead atoms. The summed E-state index contributed by atoms with van der Waals surface area (Å²) in [5.74, 6) is 0. The van der Waals surface area contributed by atoms with Crippen LogP contribution in [0.2, 0.25) is 5.02 Å². The van der Waals surface area contributed by atoms with E-state index >= 15 is 0 Å². The maximum atomic E-state index is 6.08. The highest BCUT2D eigenvalue weighted by Gasteiger charge is 2.08. The average Bonchev–Trinajstić information content (AvgIpc) is 2.85. The van der Waals surface area contributed by atoms with Crippen molar-refractivity contribution in [3.8, 4) is 0 Å². The van der Waals surface area contributed by atoms with Gasteiger partial charge in [0.2, 0.25) is 0 Å². The largest absolute Gasteiger partial charge is 0.311 e. The molecule has 0 fully saturated rings. The van der Waals surface area contributed by atoms with Gasteiger partial charge in [0.1, 0.15) is 5.03 Å². The van der Waals surface area contributed by atoms with E-state index in [9.17, 15) is 0 Å². The molecular formula is C13H15ClN2S2. The molecule has 0 saturated carbocycles. The van der Waals surface area contributed by atoms with Gasteiger partial charge in [-0.25, -0.2) is 4.98 Å². The third-order valence-corrected chi connectivity index (χ3v) is 4.76. The van der Waals surface area contributed by atoms with Crippen LogP contribution in [0, 0.1) is 0 Å². The fourth-order valence-corrected chi connectivity index (χ4v) is 3.32. The van der Waals surface area contributed by atoms with Crippen molar-refractivity contribution < 1.29 is 0 Å². The molecule has 0 saturated heterocycles. The van der Waals surface area contributed by atoms with Gasteiger partial charge in [-0.3, -0.25) is 0 Å². The molecule has 2 aromatic heterocycles. The van der Waals surface area contributed by atoms with Crippen molar-refractivity contribution >= 4 is 34.7 Å². The fourth-order valence-electron chi connectivity index (χ4n) is 1.50. The average molecular weight is 299 g/mol. The molecule has 0 spiro atoms. The number of thiophene rings is 1. The van der Waals surface area contributed by atoms with Crippen molar-refractivity contribution in [2.75, 3.05) is 6.54 Å². The summed E-state index contributed by atoms with van der Waals surface area (Å²) in [5.41, 5.74) is 0. The number of aromatic nitrogens is 1. The Bertz CT molecular complexity index is 474. The lowest BCUT2D eigenvalue weighted by Crippen LogP contribution is -2.21. The van der Waals surface area contributed by atoms with Gasteiger partial charge in [-0.05, 0) is 23.6 Å². The zero-order chi connectivity index (χ0) is 12.8. The summed E-state index contributed by atoms with van der Waals surface area (Å²) < 4.78 is 0. The summed E-state index contributed by atoms with van der Waals surface area (Å²) in [7, 11) is 0. The third kappa shape index (κ3) is 4.28. The quantitative estimate of drug-likeness (QED) is 0.814. The zero-order valence-electron chi connectivity index (χ0n) is 10.1. The molecule has 1 atom stereocenters. The van der Waals surface area contributed by atoms with Crippen LogP contribution in [0.15, 0.2) is 40.9 Å². The number of rotatable bonds is 6. The second-order valence-corrected chi connectivity index (χ2v) is 6.80. The highest BCUT2D eigenvalue weighted by molar-refractivity contribution is 8.00. The summed E-state index contributed by atoms with van der Waals surface area (Å²) in [6.45, 7) is 4.05. The van der Waals surface area contributed by atoms with E-state index in [0.717, 1.165) is 23.1 Å². The summed E-state index contributed by atoms with van der Waals surface area (Å²) in [5, 5.41) is 7.62. The van der Waals surface area contributed by atoms with Crippen molar-refractivity contribution in [3.63, 3.8) is 0 Å². The van der Waals surface area contributed by atoms with Crippen LogP contribution in [0.25, 0.3) is 0 Å². The molecule has 2 rings (SSSR count). The standard InChI is InChI=1S/C13H15ClN2S2/c1-10(8-15-9-11-4-3-7-17-11)18-13-12(14)5-2-6-16-13/h2-7,10,15H,8-9H2,1H3. The Balaban J connectivity index is 1.75. The molecule has 5 heteroatoms. The lowest BCUT2D eigenvalue weighted by atomic mass is 10.4. The van der Waals surface area contributed by atoms with Crippen molar-refractivity contribution in [1.82, 2.24) is 10.3 Å². The van der Waals surface area contributed by atoms with E-state index in [-0.39, 0.29) is 0 Å². The molecule has 2 nitrogen and oxygen atoms in total. The van der Waals surface area contributed by atoms with Crippen LogP contribution in [0.4, 0.5) is 0 Å². The molecule has 0 amide bonds. The molecule has 2 aromatic rings. The smallest absolute Gasteiger partial charge is 0.115 e. The van der Waals surface area contributed by atoms with E-state index in [1.54, 1.807) is 29.3 Å². The van der Waals surface area contributed by atoms with Gasteiger partial charge in [0, 0.05) is 29.4 Å². The summed E-state index contributed by atoms with van der Waals surface area (Å²) in [6, 6.07) is 7.95. The normalized spacial score (nSPS) is 12.6. The lowest BCUT2D eigenvalue weighted by molar-refractivity contribution is 0.690. The van der Waals surface area contributed by atoms with Crippen LogP contribution >= 0.6 is 34.7 Å². The van der Waals surface area contributed by atoms with E-state index in [2.05, 4.69) is 34.7 Å². The first kappa shape index (κ1) is 13.9. The molecule has 0 radical (unpaired) electrons. The van der Waals surface area contributed by atoms with Gasteiger partial charge in [0.15, 0.2) is 0 Å². The first-order valence-electron chi connectivity index (χ1n) is 5.76. The Labute approximate surface area is 121 Å². The molecule has 0 aliphatic rings. The Morgan fingerprint density at radius 1 is 1.44 bits per heavy atom. The molecule has 0 aliphatic carbocycles. The molecule has 0 aromatic carbocycles. The number of hydrogen-bond donors (Lipinski definition) is 1. The van der Waals surface area contributed by atoms with E-state index in [0.29, 0.717) is 5.25 Å². The molecule has 1 N–H and O–H groups in total. The Morgan fingerprint density at radius 2 is 2.33 bits per heavy atom. The second-order valence-electron chi connectivity index (χ2n) is 3.93. The van der Waals surface area contributed by atoms with Gasteiger partial charge in [0.05, 0.1) is 5.02 Å². The first-order valence-corrected chi connectivity index (χ1v) is 7.89. The minimum absolute atomic E-state index is 0.442. The minimum atomic E-state index is 0.442. The van der Waals surface area contributed by atoms with E-state index in [1.165, 1.54) is 4.88 Å². The number of pyridine rings is 1. The number of nitrogens with zero attached hydrogens (tertiary/aromatic N) is 1. The van der Waals surface area contributed by atoms with Crippen molar-refractivity contribution in [2.45, 2.75) is 23.7 Å². The Morgan fingerprint density at radius 3 is 3.06 bits per heavy atom. The summed E-state index contributed by atoms with van der Waals surface area (Å²) in [4.78, 5) is 5.65. The maximum Gasteiger partial charge on any atom is 0.115 e. The second kappa shape index (κ2) is 7.14.